The van der Waals surface area contributed by atoms with E-state index in [2.05, 4.69) is 11.0 Å². The van der Waals surface area contributed by atoms with Gasteiger partial charge in [0.15, 0.2) is 0 Å². The van der Waals surface area contributed by atoms with Crippen molar-refractivity contribution < 1.29 is 9.53 Å². The fraction of sp³-hybridized carbons (Fsp3) is 0.462. The summed E-state index contributed by atoms with van der Waals surface area (Å²) in [4.78, 5) is 19.1. The summed E-state index contributed by atoms with van der Waals surface area (Å²) in [6, 6.07) is 18.0. The zero-order valence-corrected chi connectivity index (χ0v) is 18.9. The number of ether oxygens (including phenoxy) is 1. The van der Waals surface area contributed by atoms with Gasteiger partial charge in [0.05, 0.1) is 24.4 Å². The number of hydrogen-bond donors (Lipinski definition) is 0. The van der Waals surface area contributed by atoms with Crippen LogP contribution in [-0.4, -0.2) is 66.7 Å². The molecule has 0 radical (unpaired) electrons. The summed E-state index contributed by atoms with van der Waals surface area (Å²) in [7, 11) is 1.95. The quantitative estimate of drug-likeness (QED) is 0.602. The molecule has 1 atom stereocenters. The van der Waals surface area contributed by atoms with Gasteiger partial charge in [0.25, 0.3) is 0 Å². The van der Waals surface area contributed by atoms with Crippen molar-refractivity contribution >= 4 is 6.03 Å². The number of hydrogen-bond acceptors (Lipinski definition) is 4. The van der Waals surface area contributed by atoms with Crippen LogP contribution < -0.4 is 4.74 Å². The zero-order chi connectivity index (χ0) is 22.3. The average Bonchev–Trinajstić information content (AvgIpc) is 3.54. The molecule has 0 bridgehead atoms. The first-order valence-corrected chi connectivity index (χ1v) is 11.6. The molecule has 0 saturated carbocycles. The Labute approximate surface area is 191 Å². The highest BCUT2D eigenvalue weighted by Gasteiger charge is 2.32. The third kappa shape index (κ3) is 5.23. The number of nitrogens with zero attached hydrogens (tertiary/aromatic N) is 4. The first kappa shape index (κ1) is 22.2. The topological polar surface area (TPSA) is 59.8 Å². The lowest BCUT2D eigenvalue weighted by Gasteiger charge is -2.34. The average molecular weight is 433 g/mol. The van der Waals surface area contributed by atoms with E-state index in [1.807, 2.05) is 65.4 Å². The standard InChI is InChI=1S/C26H32N4O2/c1-28(26(31)30-15-2-3-16-30)25-6-4-17-29(25)18-5-19-32-24-13-11-23(12-14-24)22-9-7-21(20-27)8-10-22/h7-14,25H,2-6,15-19H2,1H3. The number of carbonyl (C=O) groups excluding carboxylic acids is 1. The summed E-state index contributed by atoms with van der Waals surface area (Å²) in [5.41, 5.74) is 2.86. The molecule has 2 heterocycles. The second-order valence-corrected chi connectivity index (χ2v) is 8.66. The van der Waals surface area contributed by atoms with Crippen LogP contribution in [-0.2, 0) is 0 Å². The van der Waals surface area contributed by atoms with Crippen LogP contribution in [0, 0.1) is 11.3 Å². The van der Waals surface area contributed by atoms with Gasteiger partial charge >= 0.3 is 6.03 Å². The Morgan fingerprint density at radius 2 is 1.69 bits per heavy atom. The molecule has 2 saturated heterocycles. The SMILES string of the molecule is CN(C(=O)N1CCCC1)C1CCCN1CCCOc1ccc(-c2ccc(C#N)cc2)cc1. The molecular weight excluding hydrogens is 400 g/mol. The Bertz CT molecular complexity index is 930. The summed E-state index contributed by atoms with van der Waals surface area (Å²) >= 11 is 0. The van der Waals surface area contributed by atoms with Gasteiger partial charge in [-0.25, -0.2) is 4.79 Å². The smallest absolute Gasteiger partial charge is 0.321 e. The number of nitriles is 1. The molecule has 2 aliphatic heterocycles. The van der Waals surface area contributed by atoms with Gasteiger partial charge in [0.2, 0.25) is 0 Å². The van der Waals surface area contributed by atoms with Crippen LogP contribution in [0.3, 0.4) is 0 Å². The molecule has 0 aliphatic carbocycles. The van der Waals surface area contributed by atoms with Gasteiger partial charge in [0, 0.05) is 33.2 Å². The largest absolute Gasteiger partial charge is 0.494 e. The molecular formula is C26H32N4O2. The highest BCUT2D eigenvalue weighted by molar-refractivity contribution is 5.74. The van der Waals surface area contributed by atoms with E-state index in [0.717, 1.165) is 75.2 Å². The van der Waals surface area contributed by atoms with Gasteiger partial charge < -0.3 is 14.5 Å². The second kappa shape index (κ2) is 10.5. The maximum absolute atomic E-state index is 12.7. The molecule has 0 aromatic heterocycles. The Hall–Kier alpha value is -3.04. The summed E-state index contributed by atoms with van der Waals surface area (Å²) in [5, 5.41) is 8.93. The number of amides is 2. The van der Waals surface area contributed by atoms with E-state index in [1.54, 1.807) is 0 Å². The van der Waals surface area contributed by atoms with Crippen LogP contribution in [0.1, 0.15) is 37.7 Å². The van der Waals surface area contributed by atoms with Crippen molar-refractivity contribution in [3.8, 4) is 22.9 Å². The van der Waals surface area contributed by atoms with Gasteiger partial charge in [-0.15, -0.1) is 0 Å². The van der Waals surface area contributed by atoms with Gasteiger partial charge in [-0.2, -0.15) is 5.26 Å². The minimum atomic E-state index is 0.179. The summed E-state index contributed by atoms with van der Waals surface area (Å²) < 4.78 is 5.96. The van der Waals surface area contributed by atoms with Crippen molar-refractivity contribution in [3.05, 3.63) is 54.1 Å². The molecule has 4 rings (SSSR count). The lowest BCUT2D eigenvalue weighted by Crippen LogP contribution is -2.50. The first-order valence-electron chi connectivity index (χ1n) is 11.6. The van der Waals surface area contributed by atoms with E-state index < -0.39 is 0 Å². The summed E-state index contributed by atoms with van der Waals surface area (Å²) in [5.74, 6) is 0.863. The van der Waals surface area contributed by atoms with E-state index >= 15 is 0 Å². The van der Waals surface area contributed by atoms with Crippen molar-refractivity contribution in [2.75, 3.05) is 39.8 Å². The van der Waals surface area contributed by atoms with Gasteiger partial charge in [-0.05, 0) is 67.5 Å². The lowest BCUT2D eigenvalue weighted by atomic mass is 10.0. The van der Waals surface area contributed by atoms with Crippen molar-refractivity contribution in [2.45, 2.75) is 38.3 Å². The van der Waals surface area contributed by atoms with Crippen molar-refractivity contribution in [3.63, 3.8) is 0 Å². The first-order chi connectivity index (χ1) is 15.7. The maximum atomic E-state index is 12.7. The van der Waals surface area contributed by atoms with E-state index in [9.17, 15) is 4.79 Å². The fourth-order valence-corrected chi connectivity index (χ4v) is 4.71. The molecule has 2 aromatic rings. The second-order valence-electron chi connectivity index (χ2n) is 8.66. The van der Waals surface area contributed by atoms with E-state index in [0.29, 0.717) is 12.2 Å². The molecule has 32 heavy (non-hydrogen) atoms. The minimum Gasteiger partial charge on any atom is -0.494 e. The molecule has 6 nitrogen and oxygen atoms in total. The van der Waals surface area contributed by atoms with Crippen LogP contribution in [0.25, 0.3) is 11.1 Å². The van der Waals surface area contributed by atoms with E-state index in [-0.39, 0.29) is 12.2 Å². The Balaban J connectivity index is 1.23. The van der Waals surface area contributed by atoms with Gasteiger partial charge in [-0.3, -0.25) is 4.90 Å². The third-order valence-electron chi connectivity index (χ3n) is 6.51. The molecule has 6 heteroatoms. The minimum absolute atomic E-state index is 0.179. The predicted molar refractivity (Wildman–Crippen MR) is 125 cm³/mol. The van der Waals surface area contributed by atoms with Crippen LogP contribution in [0.15, 0.2) is 48.5 Å². The predicted octanol–water partition coefficient (Wildman–Crippen LogP) is 4.56. The van der Waals surface area contributed by atoms with Crippen LogP contribution in [0.4, 0.5) is 4.79 Å². The molecule has 2 fully saturated rings. The molecule has 168 valence electrons. The fourth-order valence-electron chi connectivity index (χ4n) is 4.71. The highest BCUT2D eigenvalue weighted by Crippen LogP contribution is 2.24. The highest BCUT2D eigenvalue weighted by atomic mass is 16.5. The number of benzene rings is 2. The Morgan fingerprint density at radius 1 is 1.03 bits per heavy atom. The van der Waals surface area contributed by atoms with Crippen LogP contribution >= 0.6 is 0 Å². The Morgan fingerprint density at radius 3 is 2.34 bits per heavy atom. The molecule has 0 N–H and O–H groups in total. The number of rotatable bonds is 7. The third-order valence-corrected chi connectivity index (χ3v) is 6.51. The van der Waals surface area contributed by atoms with E-state index in [1.165, 1.54) is 0 Å². The van der Waals surface area contributed by atoms with Gasteiger partial charge in [0.1, 0.15) is 5.75 Å². The molecule has 2 aliphatic rings. The number of likely N-dealkylation sites (tertiary alicyclic amines) is 2. The molecule has 2 amide bonds. The Kier molecular flexibility index (Phi) is 7.28. The number of urea groups is 1. The normalized spacial score (nSPS) is 18.5. The van der Waals surface area contributed by atoms with Crippen molar-refractivity contribution in [1.82, 2.24) is 14.7 Å². The van der Waals surface area contributed by atoms with Crippen molar-refractivity contribution in [1.29, 1.82) is 5.26 Å². The van der Waals surface area contributed by atoms with Crippen LogP contribution in [0.2, 0.25) is 0 Å². The molecule has 1 unspecified atom stereocenters. The monoisotopic (exact) mass is 432 g/mol. The van der Waals surface area contributed by atoms with E-state index in [4.69, 9.17) is 10.00 Å². The maximum Gasteiger partial charge on any atom is 0.321 e. The number of carbonyl (C=O) groups is 1. The molecule has 2 aromatic carbocycles. The lowest BCUT2D eigenvalue weighted by molar-refractivity contribution is 0.0914. The molecule has 0 spiro atoms. The van der Waals surface area contributed by atoms with Crippen molar-refractivity contribution in [2.24, 2.45) is 0 Å². The summed E-state index contributed by atoms with van der Waals surface area (Å²) in [6.07, 6.45) is 5.57. The zero-order valence-electron chi connectivity index (χ0n) is 18.9. The summed E-state index contributed by atoms with van der Waals surface area (Å²) in [6.45, 7) is 4.43. The van der Waals surface area contributed by atoms with Crippen LogP contribution in [0.5, 0.6) is 5.75 Å². The van der Waals surface area contributed by atoms with Gasteiger partial charge in [-0.1, -0.05) is 24.3 Å².